The van der Waals surface area contributed by atoms with Gasteiger partial charge in [0, 0.05) is 37.9 Å². The second kappa shape index (κ2) is 13.7. The van der Waals surface area contributed by atoms with E-state index < -0.39 is 10.8 Å². The highest BCUT2D eigenvalue weighted by atomic mass is 32.2. The Bertz CT molecular complexity index is 3830. The van der Waals surface area contributed by atoms with Crippen molar-refractivity contribution >= 4 is 50.4 Å². The molecule has 0 saturated carbocycles. The maximum Gasteiger partial charge on any atom is 0.132 e. The second-order valence-electron chi connectivity index (χ2n) is 18.2. The molecule has 312 valence electrons. The lowest BCUT2D eigenvalue weighted by Crippen LogP contribution is -2.32. The van der Waals surface area contributed by atoms with E-state index in [0.29, 0.717) is 0 Å². The van der Waals surface area contributed by atoms with E-state index >= 15 is 0 Å². The van der Waals surface area contributed by atoms with E-state index in [1.165, 1.54) is 87.0 Å². The molecule has 2 spiro atoms. The van der Waals surface area contributed by atoms with Gasteiger partial charge in [-0.3, -0.25) is 0 Å². The SMILES string of the molecule is c1ccc2c(c1)Oc1ccccc1C21c2ccccc2-c2ccc(N(c3ccc4c(ccc5ccccc54)c3)c3cccc4c3-c3ccccc3C43c4ccccc4Sc4ccccc43)cc21. The van der Waals surface area contributed by atoms with Gasteiger partial charge in [0.15, 0.2) is 0 Å². The number of nitrogens with zero attached hydrogens (tertiary/aromatic N) is 1. The Labute approximate surface area is 393 Å². The number of hydrogen-bond acceptors (Lipinski definition) is 3. The lowest BCUT2D eigenvalue weighted by atomic mass is 9.66. The molecule has 2 aliphatic heterocycles. The second-order valence-corrected chi connectivity index (χ2v) is 19.3. The summed E-state index contributed by atoms with van der Waals surface area (Å²) in [7, 11) is 0. The maximum absolute atomic E-state index is 6.76. The summed E-state index contributed by atoms with van der Waals surface area (Å²) in [5.74, 6) is 1.78. The quantitative estimate of drug-likeness (QED) is 0.164. The van der Waals surface area contributed by atoms with Gasteiger partial charge in [0.25, 0.3) is 0 Å². The van der Waals surface area contributed by atoms with E-state index in [9.17, 15) is 0 Å². The highest BCUT2D eigenvalue weighted by molar-refractivity contribution is 7.99. The van der Waals surface area contributed by atoms with Crippen molar-refractivity contribution in [1.29, 1.82) is 0 Å². The Morgan fingerprint density at radius 2 is 0.836 bits per heavy atom. The van der Waals surface area contributed by atoms with Crippen molar-refractivity contribution < 1.29 is 4.74 Å². The monoisotopic (exact) mass is 869 g/mol. The van der Waals surface area contributed by atoms with Crippen molar-refractivity contribution in [2.75, 3.05) is 4.90 Å². The summed E-state index contributed by atoms with van der Waals surface area (Å²) in [4.78, 5) is 5.15. The molecule has 0 aromatic heterocycles. The van der Waals surface area contributed by atoms with Gasteiger partial charge in [-0.25, -0.2) is 0 Å². The molecule has 0 radical (unpaired) electrons. The van der Waals surface area contributed by atoms with Gasteiger partial charge in [-0.15, -0.1) is 0 Å². The minimum Gasteiger partial charge on any atom is -0.457 e. The van der Waals surface area contributed by atoms with Crippen LogP contribution in [0.1, 0.15) is 44.5 Å². The maximum atomic E-state index is 6.76. The Morgan fingerprint density at radius 1 is 0.328 bits per heavy atom. The van der Waals surface area contributed by atoms with Gasteiger partial charge in [0.1, 0.15) is 11.5 Å². The van der Waals surface area contributed by atoms with Crippen molar-refractivity contribution in [1.82, 2.24) is 0 Å². The molecule has 0 bridgehead atoms. The summed E-state index contributed by atoms with van der Waals surface area (Å²) in [6, 6.07) is 88.3. The van der Waals surface area contributed by atoms with Crippen LogP contribution in [0.2, 0.25) is 0 Å². The van der Waals surface area contributed by atoms with Gasteiger partial charge in [-0.1, -0.05) is 194 Å². The van der Waals surface area contributed by atoms with Crippen LogP contribution in [0.5, 0.6) is 11.5 Å². The fourth-order valence-corrected chi connectivity index (χ4v) is 13.8. The Hall–Kier alpha value is -8.11. The van der Waals surface area contributed by atoms with E-state index in [1.54, 1.807) is 0 Å². The van der Waals surface area contributed by atoms with E-state index in [1.807, 2.05) is 11.8 Å². The number of hydrogen-bond donors (Lipinski definition) is 0. The van der Waals surface area contributed by atoms with Crippen LogP contribution in [0.3, 0.4) is 0 Å². The van der Waals surface area contributed by atoms with Crippen LogP contribution in [0, 0.1) is 0 Å². The van der Waals surface area contributed by atoms with Crippen molar-refractivity contribution in [3.63, 3.8) is 0 Å². The highest BCUT2D eigenvalue weighted by Crippen LogP contribution is 2.66. The average Bonchev–Trinajstić information content (AvgIpc) is 3.85. The van der Waals surface area contributed by atoms with Gasteiger partial charge in [-0.2, -0.15) is 0 Å². The topological polar surface area (TPSA) is 12.5 Å². The van der Waals surface area contributed by atoms with Gasteiger partial charge in [0.05, 0.1) is 16.5 Å². The third-order valence-electron chi connectivity index (χ3n) is 15.2. The summed E-state index contributed by atoms with van der Waals surface area (Å²) < 4.78 is 6.76. The largest absolute Gasteiger partial charge is 0.457 e. The first kappa shape index (κ1) is 37.1. The fraction of sp³-hybridized carbons (Fsp3) is 0.0312. The van der Waals surface area contributed by atoms with Gasteiger partial charge in [-0.05, 0) is 126 Å². The van der Waals surface area contributed by atoms with E-state index in [-0.39, 0.29) is 0 Å². The van der Waals surface area contributed by atoms with Crippen LogP contribution >= 0.6 is 11.8 Å². The zero-order valence-electron chi connectivity index (χ0n) is 36.3. The van der Waals surface area contributed by atoms with Crippen molar-refractivity contribution in [3.05, 3.63) is 281 Å². The molecule has 2 nitrogen and oxygen atoms in total. The third-order valence-corrected chi connectivity index (χ3v) is 16.3. The fourth-order valence-electron chi connectivity index (χ4n) is 12.6. The molecule has 67 heavy (non-hydrogen) atoms. The van der Waals surface area contributed by atoms with E-state index in [2.05, 4.69) is 241 Å². The molecular formula is C64H39NOS. The highest BCUT2D eigenvalue weighted by Gasteiger charge is 2.53. The molecule has 2 heterocycles. The predicted molar refractivity (Wildman–Crippen MR) is 275 cm³/mol. The standard InChI is InChI=1S/C64H39NOS/c1-2-17-44-40(16-1)32-33-41-38-42(34-36-45(41)44)65(43-35-37-47-46-18-3-5-20-49(46)63(56(47)39-43)51-22-7-11-28-58(51)66-59-29-12-8-23-52(59)63)57-27-15-26-55-62(57)48-19-4-6-21-50(48)64(55)53-24-9-13-30-60(53)67-61-31-14-10-25-54(61)64/h1-39H. The van der Waals surface area contributed by atoms with Gasteiger partial charge < -0.3 is 9.64 Å². The molecule has 11 aromatic rings. The van der Waals surface area contributed by atoms with Crippen molar-refractivity contribution in [2.24, 2.45) is 0 Å². The Kier molecular flexibility index (Phi) is 7.60. The Balaban J connectivity index is 1.05. The number of benzene rings is 11. The first-order valence-electron chi connectivity index (χ1n) is 23.2. The van der Waals surface area contributed by atoms with Crippen molar-refractivity contribution in [3.8, 4) is 33.8 Å². The first-order valence-corrected chi connectivity index (χ1v) is 24.0. The van der Waals surface area contributed by atoms with Crippen LogP contribution in [-0.2, 0) is 10.8 Å². The van der Waals surface area contributed by atoms with Gasteiger partial charge in [0.2, 0.25) is 0 Å². The lowest BCUT2D eigenvalue weighted by molar-refractivity contribution is 0.436. The van der Waals surface area contributed by atoms with Crippen LogP contribution in [0.4, 0.5) is 17.1 Å². The normalized spacial score (nSPS) is 14.6. The molecule has 0 atom stereocenters. The predicted octanol–water partition coefficient (Wildman–Crippen LogP) is 16.8. The number of para-hydroxylation sites is 2. The first-order chi connectivity index (χ1) is 33.2. The summed E-state index contributed by atoms with van der Waals surface area (Å²) in [5.41, 5.74) is 17.4. The molecule has 3 heteroatoms. The Morgan fingerprint density at radius 3 is 1.58 bits per heavy atom. The molecule has 0 fully saturated rings. The minimum absolute atomic E-state index is 0.506. The summed E-state index contributed by atoms with van der Waals surface area (Å²) in [6.07, 6.45) is 0. The lowest BCUT2D eigenvalue weighted by Gasteiger charge is -2.40. The number of rotatable bonds is 3. The molecule has 11 aromatic carbocycles. The smallest absolute Gasteiger partial charge is 0.132 e. The van der Waals surface area contributed by atoms with E-state index in [0.717, 1.165) is 39.7 Å². The molecule has 2 aliphatic carbocycles. The number of ether oxygens (including phenoxy) is 1. The average molecular weight is 870 g/mol. The summed E-state index contributed by atoms with van der Waals surface area (Å²) in [6.45, 7) is 0. The van der Waals surface area contributed by atoms with Crippen LogP contribution in [-0.4, -0.2) is 0 Å². The third kappa shape index (κ3) is 4.81. The van der Waals surface area contributed by atoms with Gasteiger partial charge >= 0.3 is 0 Å². The summed E-state index contributed by atoms with van der Waals surface area (Å²) >= 11 is 1.89. The zero-order chi connectivity index (χ0) is 43.8. The zero-order valence-corrected chi connectivity index (χ0v) is 37.1. The van der Waals surface area contributed by atoms with Crippen LogP contribution < -0.4 is 9.64 Å². The number of fused-ring (bicyclic) bond motifs is 21. The molecular weight excluding hydrogens is 831 g/mol. The number of anilines is 3. The van der Waals surface area contributed by atoms with E-state index in [4.69, 9.17) is 4.74 Å². The molecule has 0 saturated heterocycles. The molecule has 0 unspecified atom stereocenters. The summed E-state index contributed by atoms with van der Waals surface area (Å²) in [5, 5.41) is 4.96. The van der Waals surface area contributed by atoms with Crippen LogP contribution in [0.25, 0.3) is 43.8 Å². The minimum atomic E-state index is -0.607. The van der Waals surface area contributed by atoms with Crippen molar-refractivity contribution in [2.45, 2.75) is 20.6 Å². The molecule has 15 rings (SSSR count). The molecule has 0 N–H and O–H groups in total. The van der Waals surface area contributed by atoms with Crippen LogP contribution in [0.15, 0.2) is 246 Å². The molecule has 0 amide bonds. The molecule has 4 aliphatic rings.